The number of fused-ring (bicyclic) bond motifs is 1. The highest BCUT2D eigenvalue weighted by Gasteiger charge is 2.39. The van der Waals surface area contributed by atoms with Crippen LogP contribution in [0.2, 0.25) is 0 Å². The van der Waals surface area contributed by atoms with E-state index in [-0.39, 0.29) is 0 Å². The molecule has 0 spiro atoms. The van der Waals surface area contributed by atoms with Crippen LogP contribution in [-0.2, 0) is 0 Å². The van der Waals surface area contributed by atoms with Crippen molar-refractivity contribution in [2.24, 2.45) is 0 Å². The van der Waals surface area contributed by atoms with Crippen LogP contribution in [0, 0.1) is 0 Å². The number of rotatable bonds is 1. The Kier molecular flexibility index (Phi) is 3.03. The van der Waals surface area contributed by atoms with Gasteiger partial charge in [0.05, 0.1) is 11.3 Å². The summed E-state index contributed by atoms with van der Waals surface area (Å²) in [5.74, 6) is 0.874. The maximum atomic E-state index is 5.98. The highest BCUT2D eigenvalue weighted by molar-refractivity contribution is 9.50. The second-order valence-electron chi connectivity index (χ2n) is 4.09. The Labute approximate surface area is 122 Å². The van der Waals surface area contributed by atoms with E-state index < -0.39 is 4.13 Å². The topological polar surface area (TPSA) is 12.2 Å². The van der Waals surface area contributed by atoms with Gasteiger partial charge in [0.25, 0.3) is 0 Å². The minimum absolute atomic E-state index is 0.874. The molecular formula is C13H10BBr2NO. The summed E-state index contributed by atoms with van der Waals surface area (Å²) in [6, 6.07) is 18.1. The summed E-state index contributed by atoms with van der Waals surface area (Å²) in [6.07, 6.45) is 2.08. The lowest BCUT2D eigenvalue weighted by atomic mass is 10.1. The van der Waals surface area contributed by atoms with Crippen molar-refractivity contribution in [3.63, 3.8) is 0 Å². The van der Waals surface area contributed by atoms with E-state index in [1.165, 1.54) is 0 Å². The smallest absolute Gasteiger partial charge is 0.581 e. The number of benzene rings is 2. The summed E-state index contributed by atoms with van der Waals surface area (Å²) in [4.78, 5) is 0. The van der Waals surface area contributed by atoms with Gasteiger partial charge in [-0.2, -0.15) is 31.5 Å². The SMILES string of the molecule is Br[B-]1(Br)Oc2ccccc2C=[N+]1c1ccccc1. The summed E-state index contributed by atoms with van der Waals surface area (Å²) in [5.41, 5.74) is 2.14. The lowest BCUT2D eigenvalue weighted by molar-refractivity contribution is -0.293. The van der Waals surface area contributed by atoms with E-state index in [0.717, 1.165) is 17.0 Å². The fourth-order valence-electron chi connectivity index (χ4n) is 1.99. The molecule has 1 aliphatic rings. The zero-order valence-electron chi connectivity index (χ0n) is 9.46. The molecule has 0 radical (unpaired) electrons. The molecule has 18 heavy (non-hydrogen) atoms. The quantitative estimate of drug-likeness (QED) is 0.693. The van der Waals surface area contributed by atoms with Gasteiger partial charge in [-0.3, -0.25) is 0 Å². The minimum atomic E-state index is -1.45. The molecule has 0 aromatic heterocycles. The largest absolute Gasteiger partial charge is 0.640 e. The molecule has 0 saturated heterocycles. The fraction of sp³-hybridized carbons (Fsp3) is 0. The van der Waals surface area contributed by atoms with Crippen molar-refractivity contribution in [2.75, 3.05) is 0 Å². The van der Waals surface area contributed by atoms with E-state index in [2.05, 4.69) is 42.2 Å². The minimum Gasteiger partial charge on any atom is -0.640 e. The molecule has 3 rings (SSSR count). The first kappa shape index (κ1) is 12.0. The molecule has 5 heteroatoms. The van der Waals surface area contributed by atoms with Gasteiger partial charge in [-0.25, -0.2) is 0 Å². The van der Waals surface area contributed by atoms with Crippen molar-refractivity contribution in [1.82, 2.24) is 0 Å². The van der Waals surface area contributed by atoms with Gasteiger partial charge in [0.1, 0.15) is 6.21 Å². The number of hydrogen-bond donors (Lipinski definition) is 0. The van der Waals surface area contributed by atoms with Gasteiger partial charge < -0.3 is 9.14 Å². The first-order valence-corrected chi connectivity index (χ1v) is 7.47. The molecular weight excluding hydrogens is 357 g/mol. The molecule has 0 N–H and O–H groups in total. The average Bonchev–Trinajstić information content (AvgIpc) is 2.38. The fourth-order valence-corrected chi connectivity index (χ4v) is 3.10. The van der Waals surface area contributed by atoms with Crippen LogP contribution >= 0.6 is 31.5 Å². The molecule has 0 unspecified atom stereocenters. The lowest BCUT2D eigenvalue weighted by Crippen LogP contribution is -2.43. The predicted molar refractivity (Wildman–Crippen MR) is 82.2 cm³/mol. The third-order valence-corrected chi connectivity index (χ3v) is 4.10. The Balaban J connectivity index is 2.16. The Hall–Kier alpha value is -1.07. The Morgan fingerprint density at radius 1 is 0.889 bits per heavy atom. The molecule has 0 saturated carbocycles. The van der Waals surface area contributed by atoms with Crippen LogP contribution in [-0.4, -0.2) is 14.8 Å². The predicted octanol–water partition coefficient (Wildman–Crippen LogP) is 4.07. The van der Waals surface area contributed by atoms with Crippen molar-refractivity contribution in [1.29, 1.82) is 0 Å². The highest BCUT2D eigenvalue weighted by Crippen LogP contribution is 2.35. The van der Waals surface area contributed by atoms with Crippen LogP contribution in [0.25, 0.3) is 0 Å². The molecule has 0 amide bonds. The van der Waals surface area contributed by atoms with Crippen LogP contribution in [0.4, 0.5) is 5.69 Å². The van der Waals surface area contributed by atoms with Gasteiger partial charge in [-0.05, 0) is 12.1 Å². The molecule has 0 aliphatic carbocycles. The van der Waals surface area contributed by atoms with Crippen molar-refractivity contribution in [3.05, 3.63) is 60.2 Å². The second kappa shape index (κ2) is 4.55. The molecule has 2 aromatic carbocycles. The molecule has 1 aliphatic heterocycles. The van der Waals surface area contributed by atoms with E-state index in [1.54, 1.807) is 0 Å². The second-order valence-corrected chi connectivity index (χ2v) is 7.80. The normalized spacial score (nSPS) is 16.4. The van der Waals surface area contributed by atoms with E-state index in [0.29, 0.717) is 0 Å². The van der Waals surface area contributed by atoms with Crippen molar-refractivity contribution < 1.29 is 9.14 Å². The Morgan fingerprint density at radius 3 is 2.33 bits per heavy atom. The third-order valence-electron chi connectivity index (χ3n) is 2.84. The molecule has 2 nitrogen and oxygen atoms in total. The van der Waals surface area contributed by atoms with E-state index in [1.807, 2.05) is 54.6 Å². The van der Waals surface area contributed by atoms with Crippen molar-refractivity contribution >= 4 is 47.5 Å². The lowest BCUT2D eigenvalue weighted by Gasteiger charge is -2.32. The first-order valence-electron chi connectivity index (χ1n) is 5.64. The number of nitrogens with zero attached hydrogens (tertiary/aromatic N) is 1. The Morgan fingerprint density at radius 2 is 1.56 bits per heavy atom. The average molecular weight is 367 g/mol. The van der Waals surface area contributed by atoms with E-state index in [9.17, 15) is 0 Å². The van der Waals surface area contributed by atoms with Gasteiger partial charge >= 0.3 is 4.13 Å². The summed E-state index contributed by atoms with van der Waals surface area (Å²) >= 11 is 7.23. The number of halogens is 2. The van der Waals surface area contributed by atoms with Crippen LogP contribution in [0.5, 0.6) is 5.75 Å². The van der Waals surface area contributed by atoms with Crippen molar-refractivity contribution in [2.45, 2.75) is 0 Å². The third kappa shape index (κ3) is 2.13. The summed E-state index contributed by atoms with van der Waals surface area (Å²) in [7, 11) is 0. The van der Waals surface area contributed by atoms with Gasteiger partial charge in [0.15, 0.2) is 5.69 Å². The molecule has 1 heterocycles. The molecule has 2 aromatic rings. The van der Waals surface area contributed by atoms with E-state index in [4.69, 9.17) is 4.65 Å². The van der Waals surface area contributed by atoms with Gasteiger partial charge in [0.2, 0.25) is 0 Å². The first-order chi connectivity index (χ1) is 8.67. The standard InChI is InChI=1S/C13H10BBr2NO/c15-14(16)17(12-7-2-1-3-8-12)10-11-6-4-5-9-13(11)18-14/h1-10H. The molecule has 0 bridgehead atoms. The van der Waals surface area contributed by atoms with Crippen LogP contribution in [0.1, 0.15) is 5.56 Å². The van der Waals surface area contributed by atoms with Crippen LogP contribution in [0.15, 0.2) is 54.6 Å². The van der Waals surface area contributed by atoms with Gasteiger partial charge in [0, 0.05) is 12.1 Å². The van der Waals surface area contributed by atoms with Crippen molar-refractivity contribution in [3.8, 4) is 5.75 Å². The number of hydrogen-bond acceptors (Lipinski definition) is 1. The monoisotopic (exact) mass is 365 g/mol. The number of para-hydroxylation sites is 2. The van der Waals surface area contributed by atoms with E-state index >= 15 is 0 Å². The summed E-state index contributed by atoms with van der Waals surface area (Å²) in [6.45, 7) is 0. The molecule has 0 atom stereocenters. The van der Waals surface area contributed by atoms with Gasteiger partial charge in [-0.1, -0.05) is 30.3 Å². The van der Waals surface area contributed by atoms with Crippen LogP contribution < -0.4 is 4.65 Å². The Bertz CT molecular complexity index is 613. The maximum absolute atomic E-state index is 5.98. The highest BCUT2D eigenvalue weighted by atomic mass is 79.9. The molecule has 90 valence electrons. The molecule has 0 fully saturated rings. The van der Waals surface area contributed by atoms with Gasteiger partial charge in [-0.15, -0.1) is 0 Å². The maximum Gasteiger partial charge on any atom is 0.581 e. The zero-order valence-corrected chi connectivity index (χ0v) is 12.6. The summed E-state index contributed by atoms with van der Waals surface area (Å²) in [5, 5.41) is 0. The van der Waals surface area contributed by atoms with Crippen LogP contribution in [0.3, 0.4) is 0 Å². The zero-order chi connectivity index (χ0) is 12.6. The summed E-state index contributed by atoms with van der Waals surface area (Å²) < 4.78 is 6.58.